The molecule has 4 nitrogen and oxygen atoms in total. The van der Waals surface area contributed by atoms with Crippen LogP contribution in [0.1, 0.15) is 49.8 Å². The van der Waals surface area contributed by atoms with Crippen LogP contribution in [0.2, 0.25) is 0 Å². The minimum absolute atomic E-state index is 0.189. The molecule has 0 saturated heterocycles. The lowest BCUT2D eigenvalue weighted by Crippen LogP contribution is -2.10. The first-order valence-corrected chi connectivity index (χ1v) is 9.34. The minimum atomic E-state index is 0.189. The quantitative estimate of drug-likeness (QED) is 0.531. The van der Waals surface area contributed by atoms with E-state index in [1.165, 1.54) is 12.0 Å². The fraction of sp³-hybridized carbons (Fsp3) is 0.545. The number of benzene rings is 1. The first kappa shape index (κ1) is 20.5. The molecule has 1 atom stereocenters. The van der Waals surface area contributed by atoms with Crippen LogP contribution >= 0.6 is 0 Å². The van der Waals surface area contributed by atoms with Gasteiger partial charge in [0.2, 0.25) is 6.79 Å². The number of hydrogen-bond donors (Lipinski definition) is 0. The van der Waals surface area contributed by atoms with Crippen LogP contribution in [0.4, 0.5) is 0 Å². The van der Waals surface area contributed by atoms with Gasteiger partial charge in [0.05, 0.1) is 13.2 Å². The van der Waals surface area contributed by atoms with Crippen LogP contribution < -0.4 is 4.74 Å². The molecule has 144 valence electrons. The summed E-state index contributed by atoms with van der Waals surface area (Å²) in [4.78, 5) is 0. The molecular formula is C22H32O4. The molecule has 1 aliphatic carbocycles. The second kappa shape index (κ2) is 10.4. The lowest BCUT2D eigenvalue weighted by Gasteiger charge is -2.21. The number of rotatable bonds is 10. The van der Waals surface area contributed by atoms with Crippen LogP contribution in [0.3, 0.4) is 0 Å². The van der Waals surface area contributed by atoms with Gasteiger partial charge in [0.15, 0.2) is 0 Å². The standard InChI is InChI=1S/C22H32O4/c1-6-17(3)18-7-9-21(10-8-18)25-15-26-22-19(13-23-4)11-16(2)12-20(22)14-24-5/h7,9,11-12,17H,6,8,10,13-15H2,1-5H3. The number of ether oxygens (including phenoxy) is 4. The van der Waals surface area contributed by atoms with Gasteiger partial charge >= 0.3 is 0 Å². The Morgan fingerprint density at radius 3 is 2.12 bits per heavy atom. The number of methoxy groups -OCH3 is 2. The van der Waals surface area contributed by atoms with Crippen LogP contribution in [0.5, 0.6) is 5.75 Å². The average Bonchev–Trinajstić information content (AvgIpc) is 2.64. The maximum atomic E-state index is 5.98. The monoisotopic (exact) mass is 360 g/mol. The molecule has 26 heavy (non-hydrogen) atoms. The SMILES string of the molecule is CCC(C)C1=CC=C(OCOc2c(COC)cc(C)cc2COC)CC1. The van der Waals surface area contributed by atoms with Gasteiger partial charge in [-0.1, -0.05) is 43.2 Å². The Labute approximate surface area is 157 Å². The van der Waals surface area contributed by atoms with Crippen LogP contribution in [0.25, 0.3) is 0 Å². The fourth-order valence-electron chi connectivity index (χ4n) is 3.23. The van der Waals surface area contributed by atoms with Gasteiger partial charge in [-0.2, -0.15) is 0 Å². The number of hydrogen-bond acceptors (Lipinski definition) is 4. The molecule has 1 aromatic rings. The van der Waals surface area contributed by atoms with Crippen LogP contribution in [0, 0.1) is 12.8 Å². The summed E-state index contributed by atoms with van der Waals surface area (Å²) in [5.41, 5.74) is 4.69. The molecule has 0 spiro atoms. The molecule has 0 aromatic heterocycles. The molecule has 0 aliphatic heterocycles. The van der Waals surface area contributed by atoms with E-state index in [1.54, 1.807) is 14.2 Å². The van der Waals surface area contributed by atoms with Crippen molar-refractivity contribution in [3.8, 4) is 5.75 Å². The summed E-state index contributed by atoms with van der Waals surface area (Å²) in [6, 6.07) is 4.16. The van der Waals surface area contributed by atoms with Crippen LogP contribution in [-0.2, 0) is 27.4 Å². The molecular weight excluding hydrogens is 328 g/mol. The lowest BCUT2D eigenvalue weighted by atomic mass is 9.91. The van der Waals surface area contributed by atoms with Crippen molar-refractivity contribution in [1.82, 2.24) is 0 Å². The molecule has 1 aliphatic rings. The zero-order chi connectivity index (χ0) is 18.9. The summed E-state index contributed by atoms with van der Waals surface area (Å²) < 4.78 is 22.5. The van der Waals surface area contributed by atoms with Crippen LogP contribution in [-0.4, -0.2) is 21.0 Å². The molecule has 4 heteroatoms. The summed E-state index contributed by atoms with van der Waals surface area (Å²) in [7, 11) is 3.37. The van der Waals surface area contributed by atoms with Gasteiger partial charge in [0.25, 0.3) is 0 Å². The molecule has 0 heterocycles. The Hall–Kier alpha value is -1.78. The van der Waals surface area contributed by atoms with E-state index >= 15 is 0 Å². The van der Waals surface area contributed by atoms with Gasteiger partial charge in [0.1, 0.15) is 11.5 Å². The molecule has 2 rings (SSSR count). The van der Waals surface area contributed by atoms with E-state index in [-0.39, 0.29) is 6.79 Å². The fourth-order valence-corrected chi connectivity index (χ4v) is 3.23. The Kier molecular flexibility index (Phi) is 8.20. The van der Waals surface area contributed by atoms with Gasteiger partial charge < -0.3 is 18.9 Å². The van der Waals surface area contributed by atoms with Gasteiger partial charge in [-0.15, -0.1) is 0 Å². The van der Waals surface area contributed by atoms with Crippen molar-refractivity contribution in [1.29, 1.82) is 0 Å². The molecule has 1 aromatic carbocycles. The van der Waals surface area contributed by atoms with E-state index in [0.717, 1.165) is 41.0 Å². The Morgan fingerprint density at radius 1 is 0.962 bits per heavy atom. The van der Waals surface area contributed by atoms with Crippen LogP contribution in [0.15, 0.2) is 35.6 Å². The van der Waals surface area contributed by atoms with Gasteiger partial charge in [-0.25, -0.2) is 0 Å². The maximum absolute atomic E-state index is 5.98. The van der Waals surface area contributed by atoms with Crippen molar-refractivity contribution in [2.24, 2.45) is 5.92 Å². The third-order valence-electron chi connectivity index (χ3n) is 4.82. The van der Waals surface area contributed by atoms with Crippen molar-refractivity contribution >= 4 is 0 Å². The van der Waals surface area contributed by atoms with Crippen molar-refractivity contribution in [3.63, 3.8) is 0 Å². The van der Waals surface area contributed by atoms with E-state index in [1.807, 2.05) is 0 Å². The smallest absolute Gasteiger partial charge is 0.230 e. The highest BCUT2D eigenvalue weighted by Crippen LogP contribution is 2.29. The van der Waals surface area contributed by atoms with E-state index in [2.05, 4.69) is 45.1 Å². The lowest BCUT2D eigenvalue weighted by molar-refractivity contribution is 0.0513. The van der Waals surface area contributed by atoms with Crippen molar-refractivity contribution in [3.05, 3.63) is 52.3 Å². The highest BCUT2D eigenvalue weighted by Gasteiger charge is 2.14. The minimum Gasteiger partial charge on any atom is -0.462 e. The van der Waals surface area contributed by atoms with E-state index < -0.39 is 0 Å². The van der Waals surface area contributed by atoms with Crippen molar-refractivity contribution in [2.45, 2.75) is 53.2 Å². The van der Waals surface area contributed by atoms with E-state index in [0.29, 0.717) is 19.1 Å². The van der Waals surface area contributed by atoms with Crippen molar-refractivity contribution in [2.75, 3.05) is 21.0 Å². The second-order valence-electron chi connectivity index (χ2n) is 6.87. The summed E-state index contributed by atoms with van der Waals surface area (Å²) in [5.74, 6) is 2.42. The molecule has 0 saturated carbocycles. The topological polar surface area (TPSA) is 36.9 Å². The highest BCUT2D eigenvalue weighted by molar-refractivity contribution is 5.44. The molecule has 0 amide bonds. The normalized spacial score (nSPS) is 15.3. The first-order valence-electron chi connectivity index (χ1n) is 9.34. The number of aryl methyl sites for hydroxylation is 1. The highest BCUT2D eigenvalue weighted by atomic mass is 16.7. The maximum Gasteiger partial charge on any atom is 0.230 e. The largest absolute Gasteiger partial charge is 0.462 e. The first-order chi connectivity index (χ1) is 12.6. The molecule has 0 bridgehead atoms. The number of allylic oxidation sites excluding steroid dienone is 4. The Bertz CT molecular complexity index is 619. The summed E-state index contributed by atoms with van der Waals surface area (Å²) in [6.07, 6.45) is 7.46. The third-order valence-corrected chi connectivity index (χ3v) is 4.82. The summed E-state index contributed by atoms with van der Waals surface area (Å²) in [5, 5.41) is 0. The zero-order valence-electron chi connectivity index (χ0n) is 16.8. The molecule has 1 unspecified atom stereocenters. The summed E-state index contributed by atoms with van der Waals surface area (Å²) in [6.45, 7) is 7.75. The predicted octanol–water partition coefficient (Wildman–Crippen LogP) is 5.29. The Balaban J connectivity index is 2.03. The van der Waals surface area contributed by atoms with Gasteiger partial charge in [-0.3, -0.25) is 0 Å². The molecule has 0 N–H and O–H groups in total. The second-order valence-corrected chi connectivity index (χ2v) is 6.87. The van der Waals surface area contributed by atoms with E-state index in [4.69, 9.17) is 18.9 Å². The Morgan fingerprint density at radius 2 is 1.62 bits per heavy atom. The summed E-state index contributed by atoms with van der Waals surface area (Å²) >= 11 is 0. The molecule has 0 fully saturated rings. The average molecular weight is 360 g/mol. The zero-order valence-corrected chi connectivity index (χ0v) is 16.8. The van der Waals surface area contributed by atoms with Crippen molar-refractivity contribution < 1.29 is 18.9 Å². The van der Waals surface area contributed by atoms with E-state index in [9.17, 15) is 0 Å². The third kappa shape index (κ3) is 5.61. The van der Waals surface area contributed by atoms with Gasteiger partial charge in [-0.05, 0) is 31.8 Å². The predicted molar refractivity (Wildman–Crippen MR) is 104 cm³/mol. The molecule has 0 radical (unpaired) electrons. The van der Waals surface area contributed by atoms with Gasteiger partial charge in [0, 0.05) is 31.8 Å².